The molecule has 4 nitrogen and oxygen atoms in total. The van der Waals surface area contributed by atoms with E-state index in [0.717, 1.165) is 37.9 Å². The van der Waals surface area contributed by atoms with Crippen LogP contribution in [-0.2, 0) is 4.79 Å². The lowest BCUT2D eigenvalue weighted by Crippen LogP contribution is -2.13. The van der Waals surface area contributed by atoms with E-state index in [4.69, 9.17) is 0 Å². The molecule has 0 saturated carbocycles. The average molecular weight is 406 g/mol. The highest BCUT2D eigenvalue weighted by atomic mass is 32.2. The molecule has 6 heteroatoms. The molecule has 0 spiro atoms. The number of carbonyl (C=O) groups is 1. The molecule has 0 aliphatic rings. The maximum atomic E-state index is 12.3. The minimum absolute atomic E-state index is 0.0310. The highest BCUT2D eigenvalue weighted by Crippen LogP contribution is 2.31. The van der Waals surface area contributed by atoms with Gasteiger partial charge in [0.1, 0.15) is 15.4 Å². The molecule has 4 rings (SSSR count). The van der Waals surface area contributed by atoms with Gasteiger partial charge in [0.25, 0.3) is 0 Å². The fourth-order valence-electron chi connectivity index (χ4n) is 2.82. The monoisotopic (exact) mass is 405 g/mol. The van der Waals surface area contributed by atoms with E-state index in [1.54, 1.807) is 29.3 Å². The molecule has 0 saturated heterocycles. The Balaban J connectivity index is 1.39. The normalized spacial score (nSPS) is 10.9. The predicted octanol–water partition coefficient (Wildman–Crippen LogP) is 5.79. The summed E-state index contributed by atoms with van der Waals surface area (Å²) in [5.41, 5.74) is 3.82. The van der Waals surface area contributed by atoms with E-state index >= 15 is 0 Å². The zero-order valence-corrected chi connectivity index (χ0v) is 17.0. The number of aromatic nitrogens is 2. The molecule has 1 N–H and O–H groups in total. The van der Waals surface area contributed by atoms with E-state index in [1.165, 1.54) is 4.90 Å². The molecule has 0 atom stereocenters. The Hall–Kier alpha value is -2.70. The van der Waals surface area contributed by atoms with E-state index in [9.17, 15) is 4.79 Å². The van der Waals surface area contributed by atoms with Crippen molar-refractivity contribution in [2.24, 2.45) is 0 Å². The molecule has 0 radical (unpaired) electrons. The number of hydrogen-bond acceptors (Lipinski definition) is 5. The number of anilines is 1. The molecule has 4 aromatic rings. The zero-order valence-electron chi connectivity index (χ0n) is 15.4. The van der Waals surface area contributed by atoms with Gasteiger partial charge in [-0.05, 0) is 55.0 Å². The second kappa shape index (κ2) is 8.54. The van der Waals surface area contributed by atoms with Crippen LogP contribution in [0.5, 0.6) is 0 Å². The fourth-order valence-corrected chi connectivity index (χ4v) is 4.60. The molecule has 2 heterocycles. The molecule has 0 bridgehead atoms. The number of nitrogens with one attached hydrogen (secondary N) is 1. The quantitative estimate of drug-likeness (QED) is 0.413. The van der Waals surface area contributed by atoms with Gasteiger partial charge in [0.15, 0.2) is 0 Å². The number of amides is 1. The second-order valence-corrected chi connectivity index (χ2v) is 8.48. The van der Waals surface area contributed by atoms with Crippen molar-refractivity contribution in [3.8, 4) is 10.6 Å². The Labute approximate surface area is 172 Å². The minimum Gasteiger partial charge on any atom is -0.326 e. The molecule has 0 aliphatic carbocycles. The van der Waals surface area contributed by atoms with Crippen LogP contribution in [0.25, 0.3) is 20.9 Å². The summed E-state index contributed by atoms with van der Waals surface area (Å²) in [4.78, 5) is 23.4. The number of hydrogen-bond donors (Lipinski definition) is 1. The first-order chi connectivity index (χ1) is 13.7. The maximum absolute atomic E-state index is 12.3. The van der Waals surface area contributed by atoms with Crippen LogP contribution in [0.4, 0.5) is 5.69 Å². The van der Waals surface area contributed by atoms with Crippen molar-refractivity contribution in [2.75, 3.05) is 11.1 Å². The molecule has 2 aromatic carbocycles. The Morgan fingerprint density at radius 3 is 2.75 bits per heavy atom. The third kappa shape index (κ3) is 4.40. The number of thiazole rings is 1. The topological polar surface area (TPSA) is 54.9 Å². The van der Waals surface area contributed by atoms with Crippen molar-refractivity contribution >= 4 is 45.0 Å². The van der Waals surface area contributed by atoms with Crippen LogP contribution in [0.2, 0.25) is 0 Å². The third-order valence-corrected chi connectivity index (χ3v) is 6.30. The Bertz CT molecular complexity index is 1080. The van der Waals surface area contributed by atoms with Gasteiger partial charge < -0.3 is 5.32 Å². The average Bonchev–Trinajstić information content (AvgIpc) is 3.14. The summed E-state index contributed by atoms with van der Waals surface area (Å²) in [6.07, 6.45) is 2.26. The van der Waals surface area contributed by atoms with Crippen LogP contribution < -0.4 is 5.32 Å². The van der Waals surface area contributed by atoms with E-state index in [1.807, 2.05) is 49.4 Å². The van der Waals surface area contributed by atoms with Gasteiger partial charge in [0.2, 0.25) is 5.91 Å². The first kappa shape index (κ1) is 18.7. The van der Waals surface area contributed by atoms with Gasteiger partial charge in [-0.3, -0.25) is 4.79 Å². The second-order valence-electron chi connectivity index (χ2n) is 6.34. The van der Waals surface area contributed by atoms with Crippen molar-refractivity contribution in [3.63, 3.8) is 0 Å². The van der Waals surface area contributed by atoms with Gasteiger partial charge >= 0.3 is 0 Å². The maximum Gasteiger partial charge on any atom is 0.225 e. The summed E-state index contributed by atoms with van der Waals surface area (Å²) in [6.45, 7) is 2.00. The van der Waals surface area contributed by atoms with Gasteiger partial charge in [-0.1, -0.05) is 29.5 Å². The predicted molar refractivity (Wildman–Crippen MR) is 118 cm³/mol. The number of carbonyl (C=O) groups excluding carboxylic acids is 1. The summed E-state index contributed by atoms with van der Waals surface area (Å²) in [7, 11) is 0. The number of aryl methyl sites for hydroxylation is 1. The van der Waals surface area contributed by atoms with Crippen LogP contribution in [0.15, 0.2) is 71.8 Å². The van der Waals surface area contributed by atoms with Gasteiger partial charge in [-0.2, -0.15) is 0 Å². The van der Waals surface area contributed by atoms with Crippen LogP contribution >= 0.6 is 23.1 Å². The van der Waals surface area contributed by atoms with Crippen molar-refractivity contribution < 1.29 is 4.79 Å². The molecule has 28 heavy (non-hydrogen) atoms. The molecule has 140 valence electrons. The lowest BCUT2D eigenvalue weighted by Gasteiger charge is -2.09. The van der Waals surface area contributed by atoms with Crippen LogP contribution in [0, 0.1) is 6.92 Å². The molecule has 0 unspecified atom stereocenters. The number of nitrogens with zero attached hydrogens (tertiary/aromatic N) is 2. The molecule has 0 fully saturated rings. The zero-order chi connectivity index (χ0) is 19.3. The minimum atomic E-state index is 0.0310. The summed E-state index contributed by atoms with van der Waals surface area (Å²) >= 11 is 3.27. The van der Waals surface area contributed by atoms with Crippen molar-refractivity contribution in [3.05, 3.63) is 72.4 Å². The molecule has 2 aromatic heterocycles. The number of benzene rings is 2. The lowest BCUT2D eigenvalue weighted by atomic mass is 10.1. The molecular formula is C22H19N3OS2. The highest BCUT2D eigenvalue weighted by molar-refractivity contribution is 7.99. The van der Waals surface area contributed by atoms with Crippen molar-refractivity contribution in [1.29, 1.82) is 0 Å². The Morgan fingerprint density at radius 1 is 1.11 bits per heavy atom. The number of pyridine rings is 1. The summed E-state index contributed by atoms with van der Waals surface area (Å²) < 4.78 is 0. The molecule has 1 amide bonds. The summed E-state index contributed by atoms with van der Waals surface area (Å²) in [5, 5.41) is 3.96. The van der Waals surface area contributed by atoms with Crippen LogP contribution in [0.3, 0.4) is 0 Å². The Morgan fingerprint density at radius 2 is 1.96 bits per heavy atom. The highest BCUT2D eigenvalue weighted by Gasteiger charge is 2.10. The van der Waals surface area contributed by atoms with E-state index in [-0.39, 0.29) is 5.91 Å². The van der Waals surface area contributed by atoms with Gasteiger partial charge in [-0.25, -0.2) is 9.97 Å². The van der Waals surface area contributed by atoms with Crippen LogP contribution in [0.1, 0.15) is 12.0 Å². The van der Waals surface area contributed by atoms with Crippen molar-refractivity contribution in [2.45, 2.75) is 18.2 Å². The number of rotatable bonds is 6. The fraction of sp³-hybridized carbons (Fsp3) is 0.136. The first-order valence-electron chi connectivity index (χ1n) is 8.99. The smallest absolute Gasteiger partial charge is 0.225 e. The van der Waals surface area contributed by atoms with Crippen molar-refractivity contribution in [1.82, 2.24) is 9.97 Å². The SMILES string of the molecule is Cc1cc(-c2nc3cccnc3s2)ccc1NC(=O)CCSc1ccccc1. The summed E-state index contributed by atoms with van der Waals surface area (Å²) in [5.74, 6) is 0.787. The number of thioether (sulfide) groups is 1. The largest absolute Gasteiger partial charge is 0.326 e. The van der Waals surface area contributed by atoms with Gasteiger partial charge in [0.05, 0.1) is 0 Å². The van der Waals surface area contributed by atoms with E-state index in [2.05, 4.69) is 33.5 Å². The Kier molecular flexibility index (Phi) is 5.69. The van der Waals surface area contributed by atoms with E-state index in [0.29, 0.717) is 6.42 Å². The summed E-state index contributed by atoms with van der Waals surface area (Å²) in [6, 6.07) is 20.0. The lowest BCUT2D eigenvalue weighted by molar-refractivity contribution is -0.115. The van der Waals surface area contributed by atoms with Gasteiger partial charge in [0, 0.05) is 34.5 Å². The van der Waals surface area contributed by atoms with Gasteiger partial charge in [-0.15, -0.1) is 11.8 Å². The molecule has 0 aliphatic heterocycles. The standard InChI is InChI=1S/C22H19N3OS2/c1-15-14-16(21-25-19-8-5-12-23-22(19)28-21)9-10-18(15)24-20(26)11-13-27-17-6-3-2-4-7-17/h2-10,12,14H,11,13H2,1H3,(H,24,26). The third-order valence-electron chi connectivity index (χ3n) is 4.25. The first-order valence-corrected chi connectivity index (χ1v) is 10.8. The molecular weight excluding hydrogens is 386 g/mol. The van der Waals surface area contributed by atoms with Crippen LogP contribution in [-0.4, -0.2) is 21.6 Å². The number of fused-ring (bicyclic) bond motifs is 1. The van der Waals surface area contributed by atoms with E-state index < -0.39 is 0 Å².